The maximum absolute atomic E-state index is 13.3. The van der Waals surface area contributed by atoms with E-state index in [1.54, 1.807) is 36.4 Å². The highest BCUT2D eigenvalue weighted by molar-refractivity contribution is 7.92. The van der Waals surface area contributed by atoms with Gasteiger partial charge < -0.3 is 14.2 Å². The van der Waals surface area contributed by atoms with Crippen LogP contribution in [-0.4, -0.2) is 35.8 Å². The van der Waals surface area contributed by atoms with Crippen molar-refractivity contribution in [1.29, 1.82) is 0 Å². The number of hydrogen-bond acceptors (Lipinski definition) is 5. The largest absolute Gasteiger partial charge is 0.497 e. The Balaban J connectivity index is 1.80. The lowest BCUT2D eigenvalue weighted by atomic mass is 10.0. The van der Waals surface area contributed by atoms with Gasteiger partial charge in [0.15, 0.2) is 0 Å². The average molecular weight is 479 g/mol. The van der Waals surface area contributed by atoms with Crippen molar-refractivity contribution in [3.63, 3.8) is 0 Å². The van der Waals surface area contributed by atoms with E-state index in [9.17, 15) is 21.6 Å². The SMILES string of the molecule is COc1cc(OC)cc(-c2ccc3c(c2)N(S(=O)(=O)c2cccc(C(F)(F)F)c2)CCO3)c1. The van der Waals surface area contributed by atoms with Crippen LogP contribution in [0.25, 0.3) is 11.1 Å². The molecule has 0 saturated heterocycles. The molecule has 0 aliphatic carbocycles. The van der Waals surface area contributed by atoms with Crippen LogP contribution in [0, 0.1) is 0 Å². The molecule has 0 aromatic heterocycles. The summed E-state index contributed by atoms with van der Waals surface area (Å²) in [6.45, 7) is 0.0218. The van der Waals surface area contributed by atoms with Gasteiger partial charge in [-0.15, -0.1) is 0 Å². The molecule has 0 amide bonds. The monoisotopic (exact) mass is 479 g/mol. The van der Waals surface area contributed by atoms with E-state index in [1.807, 2.05) is 0 Å². The van der Waals surface area contributed by atoms with E-state index in [1.165, 1.54) is 14.2 Å². The molecule has 33 heavy (non-hydrogen) atoms. The molecule has 10 heteroatoms. The van der Waals surface area contributed by atoms with E-state index in [2.05, 4.69) is 0 Å². The normalized spacial score (nSPS) is 13.8. The Labute approximate surface area is 189 Å². The lowest BCUT2D eigenvalue weighted by Crippen LogP contribution is -2.38. The molecule has 174 valence electrons. The first kappa shape index (κ1) is 22.8. The molecule has 0 bridgehead atoms. The summed E-state index contributed by atoms with van der Waals surface area (Å²) in [5.74, 6) is 1.41. The van der Waals surface area contributed by atoms with Gasteiger partial charge in [0.05, 0.1) is 36.9 Å². The van der Waals surface area contributed by atoms with Gasteiger partial charge in [-0.2, -0.15) is 13.2 Å². The van der Waals surface area contributed by atoms with Gasteiger partial charge in [-0.1, -0.05) is 12.1 Å². The van der Waals surface area contributed by atoms with Gasteiger partial charge in [0.1, 0.15) is 23.9 Å². The summed E-state index contributed by atoms with van der Waals surface area (Å²) in [5, 5.41) is 0. The number of methoxy groups -OCH3 is 2. The van der Waals surface area contributed by atoms with Crippen LogP contribution >= 0.6 is 0 Å². The number of fused-ring (bicyclic) bond motifs is 1. The van der Waals surface area contributed by atoms with Crippen LogP contribution in [0.3, 0.4) is 0 Å². The summed E-state index contributed by atoms with van der Waals surface area (Å²) in [6.07, 6.45) is -4.66. The fraction of sp³-hybridized carbons (Fsp3) is 0.217. The summed E-state index contributed by atoms with van der Waals surface area (Å²) in [7, 11) is -1.25. The Morgan fingerprint density at radius 2 is 1.61 bits per heavy atom. The minimum absolute atomic E-state index is 0.0452. The van der Waals surface area contributed by atoms with Gasteiger partial charge in [-0.3, -0.25) is 4.31 Å². The van der Waals surface area contributed by atoms with Crippen molar-refractivity contribution >= 4 is 15.7 Å². The van der Waals surface area contributed by atoms with Gasteiger partial charge in [0.2, 0.25) is 0 Å². The topological polar surface area (TPSA) is 65.1 Å². The molecule has 0 unspecified atom stereocenters. The molecule has 1 aliphatic rings. The van der Waals surface area contributed by atoms with Crippen molar-refractivity contribution in [2.45, 2.75) is 11.1 Å². The van der Waals surface area contributed by atoms with Gasteiger partial charge in [-0.25, -0.2) is 8.42 Å². The molecule has 1 heterocycles. The maximum atomic E-state index is 13.3. The van der Waals surface area contributed by atoms with E-state index >= 15 is 0 Å². The van der Waals surface area contributed by atoms with Crippen LogP contribution in [0.15, 0.2) is 65.6 Å². The van der Waals surface area contributed by atoms with Crippen molar-refractivity contribution in [3.8, 4) is 28.4 Å². The molecule has 0 radical (unpaired) electrons. The first-order valence-corrected chi connectivity index (χ1v) is 11.3. The quantitative estimate of drug-likeness (QED) is 0.517. The van der Waals surface area contributed by atoms with E-state index in [0.717, 1.165) is 22.5 Å². The zero-order chi connectivity index (χ0) is 23.8. The molecular weight excluding hydrogens is 459 g/mol. The molecule has 3 aromatic carbocycles. The second-order valence-corrected chi connectivity index (χ2v) is 9.10. The van der Waals surface area contributed by atoms with Crippen LogP contribution in [0.2, 0.25) is 0 Å². The predicted octanol–water partition coefficient (Wildman–Crippen LogP) is 4.98. The molecule has 0 spiro atoms. The summed E-state index contributed by atoms with van der Waals surface area (Å²) >= 11 is 0. The molecular formula is C23H20F3NO5S. The van der Waals surface area contributed by atoms with Crippen LogP contribution in [0.5, 0.6) is 17.2 Å². The van der Waals surface area contributed by atoms with E-state index in [0.29, 0.717) is 34.4 Å². The summed E-state index contributed by atoms with van der Waals surface area (Å²) in [5.41, 5.74) is 0.559. The van der Waals surface area contributed by atoms with Crippen molar-refractivity contribution in [3.05, 3.63) is 66.2 Å². The summed E-state index contributed by atoms with van der Waals surface area (Å²) in [4.78, 5) is -0.446. The highest BCUT2D eigenvalue weighted by Gasteiger charge is 2.34. The fourth-order valence-corrected chi connectivity index (χ4v) is 5.05. The minimum Gasteiger partial charge on any atom is -0.497 e. The summed E-state index contributed by atoms with van der Waals surface area (Å²) in [6, 6.07) is 13.9. The Bertz CT molecular complexity index is 1270. The number of anilines is 1. The zero-order valence-corrected chi connectivity index (χ0v) is 18.5. The number of rotatable bonds is 5. The summed E-state index contributed by atoms with van der Waals surface area (Å²) < 4.78 is 83.4. The Kier molecular flexibility index (Phi) is 5.87. The third kappa shape index (κ3) is 4.43. The van der Waals surface area contributed by atoms with Crippen molar-refractivity contribution in [2.24, 2.45) is 0 Å². The predicted molar refractivity (Wildman–Crippen MR) is 116 cm³/mol. The standard InChI is InChI=1S/C23H20F3NO5S/c1-30-18-10-16(11-19(14-18)31-2)15-6-7-22-21(12-15)27(8-9-32-22)33(28,29)20-5-3-4-17(13-20)23(24,25)26/h3-7,10-14H,8-9H2,1-2H3. The molecule has 6 nitrogen and oxygen atoms in total. The van der Waals surface area contributed by atoms with Gasteiger partial charge in [-0.05, 0) is 53.6 Å². The van der Waals surface area contributed by atoms with Gasteiger partial charge >= 0.3 is 6.18 Å². The highest BCUT2D eigenvalue weighted by Crippen LogP contribution is 2.40. The van der Waals surface area contributed by atoms with E-state index in [4.69, 9.17) is 14.2 Å². The molecule has 3 aromatic rings. The lowest BCUT2D eigenvalue weighted by molar-refractivity contribution is -0.137. The third-order valence-electron chi connectivity index (χ3n) is 5.21. The van der Waals surface area contributed by atoms with Crippen LogP contribution < -0.4 is 18.5 Å². The van der Waals surface area contributed by atoms with E-state index < -0.39 is 26.7 Å². The van der Waals surface area contributed by atoms with Gasteiger partial charge in [0, 0.05) is 6.07 Å². The second-order valence-electron chi connectivity index (χ2n) is 7.24. The number of nitrogens with zero attached hydrogens (tertiary/aromatic N) is 1. The van der Waals surface area contributed by atoms with Crippen molar-refractivity contribution < 1.29 is 35.8 Å². The molecule has 0 fully saturated rings. The van der Waals surface area contributed by atoms with Crippen molar-refractivity contribution in [2.75, 3.05) is 31.7 Å². The molecule has 0 N–H and O–H groups in total. The highest BCUT2D eigenvalue weighted by atomic mass is 32.2. The van der Waals surface area contributed by atoms with Crippen molar-refractivity contribution in [1.82, 2.24) is 0 Å². The maximum Gasteiger partial charge on any atom is 0.416 e. The number of alkyl halides is 3. The first-order chi connectivity index (χ1) is 15.6. The Morgan fingerprint density at radius 1 is 0.909 bits per heavy atom. The fourth-order valence-electron chi connectivity index (χ4n) is 3.56. The minimum atomic E-state index is -4.66. The number of benzene rings is 3. The molecule has 1 aliphatic heterocycles. The van der Waals surface area contributed by atoms with Crippen LogP contribution in [0.1, 0.15) is 5.56 Å². The van der Waals surface area contributed by atoms with E-state index in [-0.39, 0.29) is 18.8 Å². The Hall–Kier alpha value is -3.40. The van der Waals surface area contributed by atoms with Crippen LogP contribution in [0.4, 0.5) is 18.9 Å². The van der Waals surface area contributed by atoms with Crippen LogP contribution in [-0.2, 0) is 16.2 Å². The number of sulfonamides is 1. The zero-order valence-electron chi connectivity index (χ0n) is 17.7. The lowest BCUT2D eigenvalue weighted by Gasteiger charge is -2.31. The smallest absolute Gasteiger partial charge is 0.416 e. The van der Waals surface area contributed by atoms with Gasteiger partial charge in [0.25, 0.3) is 10.0 Å². The number of halogens is 3. The average Bonchev–Trinajstić information content (AvgIpc) is 2.82. The first-order valence-electron chi connectivity index (χ1n) is 9.84. The second kappa shape index (κ2) is 8.51. The number of hydrogen-bond donors (Lipinski definition) is 0. The molecule has 4 rings (SSSR count). The number of ether oxygens (including phenoxy) is 3. The molecule has 0 atom stereocenters. The third-order valence-corrected chi connectivity index (χ3v) is 7.02. The molecule has 0 saturated carbocycles. The Morgan fingerprint density at radius 3 is 2.24 bits per heavy atom.